The van der Waals surface area contributed by atoms with Gasteiger partial charge < -0.3 is 20.3 Å². The van der Waals surface area contributed by atoms with Gasteiger partial charge in [0.25, 0.3) is 0 Å². The van der Waals surface area contributed by atoms with Crippen LogP contribution in [-0.4, -0.2) is 57.1 Å². The van der Waals surface area contributed by atoms with Crippen LogP contribution in [0.3, 0.4) is 0 Å². The molecule has 1 saturated carbocycles. The molecule has 0 heterocycles. The van der Waals surface area contributed by atoms with E-state index in [4.69, 9.17) is 4.74 Å². The van der Waals surface area contributed by atoms with Crippen molar-refractivity contribution in [2.45, 2.75) is 44.6 Å². The molecule has 0 aromatic heterocycles. The van der Waals surface area contributed by atoms with Gasteiger partial charge in [-0.05, 0) is 43.4 Å². The minimum absolute atomic E-state index is 0. The van der Waals surface area contributed by atoms with Gasteiger partial charge in [-0.2, -0.15) is 0 Å². The number of guanidine groups is 1. The number of halogens is 2. The molecule has 158 valence electrons. The molecule has 1 aliphatic carbocycles. The van der Waals surface area contributed by atoms with Gasteiger partial charge in [-0.3, -0.25) is 4.79 Å². The molecule has 8 heteroatoms. The minimum atomic E-state index is 0. The topological polar surface area (TPSA) is 66.0 Å². The summed E-state index contributed by atoms with van der Waals surface area (Å²) >= 11 is 3.47. The highest BCUT2D eigenvalue weighted by Gasteiger charge is 2.16. The highest BCUT2D eigenvalue weighted by atomic mass is 127. The summed E-state index contributed by atoms with van der Waals surface area (Å²) in [4.78, 5) is 17.9. The van der Waals surface area contributed by atoms with Crippen LogP contribution in [0.5, 0.6) is 5.75 Å². The molecule has 0 saturated heterocycles. The first kappa shape index (κ1) is 25.0. The van der Waals surface area contributed by atoms with Crippen LogP contribution in [0.25, 0.3) is 0 Å². The molecule has 1 aromatic rings. The number of nitrogens with zero attached hydrogens (tertiary/aromatic N) is 2. The Morgan fingerprint density at radius 3 is 2.68 bits per heavy atom. The molecule has 0 bridgehead atoms. The lowest BCUT2D eigenvalue weighted by Gasteiger charge is -2.18. The molecule has 0 aliphatic heterocycles. The van der Waals surface area contributed by atoms with E-state index in [1.54, 1.807) is 26.1 Å². The summed E-state index contributed by atoms with van der Waals surface area (Å²) in [6.45, 7) is 0.948. The molecule has 6 nitrogen and oxygen atoms in total. The minimum Gasteiger partial charge on any atom is -0.496 e. The number of ether oxygens (including phenoxy) is 1. The lowest BCUT2D eigenvalue weighted by atomic mass is 10.1. The van der Waals surface area contributed by atoms with E-state index in [2.05, 4.69) is 37.6 Å². The molecule has 0 unspecified atom stereocenters. The van der Waals surface area contributed by atoms with Crippen molar-refractivity contribution in [2.24, 2.45) is 4.99 Å². The third-order valence-electron chi connectivity index (χ3n) is 4.73. The molecule has 28 heavy (non-hydrogen) atoms. The zero-order valence-electron chi connectivity index (χ0n) is 17.0. The Labute approximate surface area is 194 Å². The van der Waals surface area contributed by atoms with Gasteiger partial charge in [-0.25, -0.2) is 4.99 Å². The molecule has 0 atom stereocenters. The standard InChI is InChI=1S/C20H31BrN4O2.HI/c1-25(2)19(26)14-23-20(24-17-8-4-5-9-17)22-12-6-7-15-10-11-16(21)13-18(15)27-3;/h10-11,13,17H,4-9,12,14H2,1-3H3,(H2,22,23,24);1H. The molecule has 0 spiro atoms. The van der Waals surface area contributed by atoms with E-state index in [0.717, 1.165) is 35.6 Å². The first-order valence-electron chi connectivity index (χ1n) is 9.57. The fourth-order valence-corrected chi connectivity index (χ4v) is 3.45. The van der Waals surface area contributed by atoms with E-state index >= 15 is 0 Å². The van der Waals surface area contributed by atoms with Crippen molar-refractivity contribution in [3.05, 3.63) is 28.2 Å². The first-order valence-corrected chi connectivity index (χ1v) is 10.4. The number of nitrogens with one attached hydrogen (secondary N) is 2. The number of amides is 1. The van der Waals surface area contributed by atoms with E-state index in [1.807, 2.05) is 12.1 Å². The van der Waals surface area contributed by atoms with Crippen molar-refractivity contribution in [1.29, 1.82) is 0 Å². The third-order valence-corrected chi connectivity index (χ3v) is 5.22. The number of aryl methyl sites for hydroxylation is 1. The number of likely N-dealkylation sites (N-methyl/N-ethyl adjacent to an activating group) is 1. The second kappa shape index (κ2) is 13.2. The summed E-state index contributed by atoms with van der Waals surface area (Å²) in [6.07, 6.45) is 6.70. The zero-order valence-corrected chi connectivity index (χ0v) is 20.9. The van der Waals surface area contributed by atoms with Crippen LogP contribution in [0, 0.1) is 0 Å². The number of benzene rings is 1. The van der Waals surface area contributed by atoms with Gasteiger partial charge in [-0.15, -0.1) is 24.0 Å². The van der Waals surface area contributed by atoms with Crippen molar-refractivity contribution in [2.75, 3.05) is 34.3 Å². The van der Waals surface area contributed by atoms with Crippen molar-refractivity contribution in [3.63, 3.8) is 0 Å². The highest BCUT2D eigenvalue weighted by molar-refractivity contribution is 14.0. The van der Waals surface area contributed by atoms with Crippen molar-refractivity contribution in [3.8, 4) is 5.75 Å². The smallest absolute Gasteiger partial charge is 0.243 e. The molecule has 1 aromatic carbocycles. The van der Waals surface area contributed by atoms with Crippen LogP contribution < -0.4 is 15.4 Å². The Morgan fingerprint density at radius 2 is 2.04 bits per heavy atom. The van der Waals surface area contributed by atoms with Gasteiger partial charge >= 0.3 is 0 Å². The van der Waals surface area contributed by atoms with Crippen LogP contribution >= 0.6 is 39.9 Å². The van der Waals surface area contributed by atoms with Gasteiger partial charge in [-0.1, -0.05) is 34.8 Å². The van der Waals surface area contributed by atoms with E-state index in [0.29, 0.717) is 6.04 Å². The molecule has 0 radical (unpaired) electrons. The lowest BCUT2D eigenvalue weighted by molar-refractivity contribution is -0.127. The molecular formula is C20H32BrIN4O2. The predicted molar refractivity (Wildman–Crippen MR) is 129 cm³/mol. The van der Waals surface area contributed by atoms with Gasteiger partial charge in [0.05, 0.1) is 7.11 Å². The third kappa shape index (κ3) is 8.55. The van der Waals surface area contributed by atoms with E-state index in [-0.39, 0.29) is 36.4 Å². The second-order valence-electron chi connectivity index (χ2n) is 7.07. The van der Waals surface area contributed by atoms with E-state index in [9.17, 15) is 4.79 Å². The number of carbonyl (C=O) groups is 1. The van der Waals surface area contributed by atoms with Crippen molar-refractivity contribution < 1.29 is 9.53 Å². The molecular weight excluding hydrogens is 535 g/mol. The normalized spacial score (nSPS) is 14.4. The van der Waals surface area contributed by atoms with Crippen LogP contribution in [-0.2, 0) is 11.2 Å². The average molecular weight is 567 g/mol. The zero-order chi connectivity index (χ0) is 19.6. The first-order chi connectivity index (χ1) is 13.0. The van der Waals surface area contributed by atoms with Gasteiger partial charge in [0.15, 0.2) is 5.96 Å². The number of hydrogen-bond donors (Lipinski definition) is 2. The Hall–Kier alpha value is -1.03. The molecule has 2 N–H and O–H groups in total. The van der Waals surface area contributed by atoms with Gasteiger partial charge in [0.1, 0.15) is 12.3 Å². The number of methoxy groups -OCH3 is 1. The summed E-state index contributed by atoms with van der Waals surface area (Å²) in [5, 5.41) is 6.85. The predicted octanol–water partition coefficient (Wildman–Crippen LogP) is 3.57. The number of rotatable bonds is 8. The number of aliphatic imine (C=N–C) groups is 1. The summed E-state index contributed by atoms with van der Waals surface area (Å²) in [5.74, 6) is 1.64. The maximum atomic E-state index is 11.8. The second-order valence-corrected chi connectivity index (χ2v) is 7.98. The summed E-state index contributed by atoms with van der Waals surface area (Å²) < 4.78 is 6.47. The number of hydrogen-bond acceptors (Lipinski definition) is 3. The summed E-state index contributed by atoms with van der Waals surface area (Å²) in [7, 11) is 5.20. The Balaban J connectivity index is 0.00000392. The SMILES string of the molecule is COc1cc(Br)ccc1CCCNC(=NCC(=O)N(C)C)NC1CCCC1.I. The maximum Gasteiger partial charge on any atom is 0.243 e. The molecule has 1 fully saturated rings. The van der Waals surface area contributed by atoms with E-state index in [1.165, 1.54) is 31.2 Å². The Morgan fingerprint density at radius 1 is 1.32 bits per heavy atom. The monoisotopic (exact) mass is 566 g/mol. The molecule has 1 aliphatic rings. The van der Waals surface area contributed by atoms with Crippen molar-refractivity contribution >= 4 is 51.8 Å². The maximum absolute atomic E-state index is 11.8. The van der Waals surface area contributed by atoms with Crippen molar-refractivity contribution in [1.82, 2.24) is 15.5 Å². The quantitative estimate of drug-likeness (QED) is 0.218. The largest absolute Gasteiger partial charge is 0.496 e. The Bertz CT molecular complexity index is 649. The fourth-order valence-electron chi connectivity index (χ4n) is 3.11. The fraction of sp³-hybridized carbons (Fsp3) is 0.600. The van der Waals surface area contributed by atoms with Crippen LogP contribution in [0.15, 0.2) is 27.7 Å². The summed E-state index contributed by atoms with van der Waals surface area (Å²) in [6, 6.07) is 6.57. The van der Waals surface area contributed by atoms with Crippen LogP contribution in [0.2, 0.25) is 0 Å². The highest BCUT2D eigenvalue weighted by Crippen LogP contribution is 2.24. The van der Waals surface area contributed by atoms with Gasteiger partial charge in [0, 0.05) is 31.2 Å². The van der Waals surface area contributed by atoms with Gasteiger partial charge in [0.2, 0.25) is 5.91 Å². The lowest BCUT2D eigenvalue weighted by Crippen LogP contribution is -2.43. The van der Waals surface area contributed by atoms with E-state index < -0.39 is 0 Å². The average Bonchev–Trinajstić information content (AvgIpc) is 3.16. The molecule has 2 rings (SSSR count). The van der Waals surface area contributed by atoms with Crippen LogP contribution in [0.1, 0.15) is 37.7 Å². The summed E-state index contributed by atoms with van der Waals surface area (Å²) in [5.41, 5.74) is 1.19. The Kier molecular flexibility index (Phi) is 11.8. The number of carbonyl (C=O) groups excluding carboxylic acids is 1. The molecule has 1 amide bonds. The van der Waals surface area contributed by atoms with Crippen LogP contribution in [0.4, 0.5) is 0 Å².